The zero-order valence-corrected chi connectivity index (χ0v) is 18.3. The number of rotatable bonds is 10. The number of benzene rings is 2. The molecule has 2 rings (SSSR count). The van der Waals surface area contributed by atoms with Gasteiger partial charge in [-0.25, -0.2) is 4.79 Å². The molecule has 0 spiro atoms. The Labute approximate surface area is 181 Å². The zero-order chi connectivity index (χ0) is 22.1. The zero-order valence-electron chi connectivity index (χ0n) is 17.5. The first-order valence-corrected chi connectivity index (χ1v) is 10.9. The minimum atomic E-state index is -1.04. The van der Waals surface area contributed by atoms with E-state index in [1.807, 2.05) is 45.0 Å². The van der Waals surface area contributed by atoms with Gasteiger partial charge in [-0.05, 0) is 55.7 Å². The number of anilines is 2. The van der Waals surface area contributed by atoms with E-state index in [0.717, 1.165) is 23.3 Å². The fourth-order valence-corrected chi connectivity index (χ4v) is 3.81. The van der Waals surface area contributed by atoms with Crippen molar-refractivity contribution in [3.63, 3.8) is 0 Å². The molecule has 0 aliphatic carbocycles. The molecule has 0 saturated heterocycles. The van der Waals surface area contributed by atoms with Crippen LogP contribution < -0.4 is 10.6 Å². The van der Waals surface area contributed by atoms with Crippen LogP contribution in [0.15, 0.2) is 47.4 Å². The van der Waals surface area contributed by atoms with Gasteiger partial charge in [0.15, 0.2) is 0 Å². The van der Waals surface area contributed by atoms with Crippen molar-refractivity contribution < 1.29 is 19.5 Å². The summed E-state index contributed by atoms with van der Waals surface area (Å²) in [7, 11) is 0. The predicted octanol–water partition coefficient (Wildman–Crippen LogP) is 5.33. The fraction of sp³-hybridized carbons (Fsp3) is 0.348. The molecule has 0 radical (unpaired) electrons. The highest BCUT2D eigenvalue weighted by atomic mass is 32.2. The monoisotopic (exact) mass is 428 g/mol. The van der Waals surface area contributed by atoms with Crippen molar-refractivity contribution in [3.05, 3.63) is 53.6 Å². The molecule has 7 heteroatoms. The van der Waals surface area contributed by atoms with Gasteiger partial charge in [0.1, 0.15) is 0 Å². The highest BCUT2D eigenvalue weighted by molar-refractivity contribution is 8.00. The molecule has 160 valence electrons. The highest BCUT2D eigenvalue weighted by Gasteiger charge is 2.19. The Balaban J connectivity index is 2.07. The third-order valence-corrected chi connectivity index (χ3v) is 5.92. The standard InChI is InChI=1S/C23H28N2O4S/c1-4-6-10-21(26)24-17-8-7-9-18(14-17)30-20(5-2)22(27)25-19-13-16(23(28)29)12-11-15(19)3/h7-9,11-14,20H,4-6,10H2,1-3H3,(H,24,26)(H,25,27)(H,28,29). The number of hydrogen-bond donors (Lipinski definition) is 3. The van der Waals surface area contributed by atoms with Gasteiger partial charge in [0, 0.05) is 22.7 Å². The van der Waals surface area contributed by atoms with Crippen LogP contribution >= 0.6 is 11.8 Å². The molecular weight excluding hydrogens is 400 g/mol. The van der Waals surface area contributed by atoms with Gasteiger partial charge < -0.3 is 15.7 Å². The van der Waals surface area contributed by atoms with Gasteiger partial charge in [-0.15, -0.1) is 11.8 Å². The largest absolute Gasteiger partial charge is 0.478 e. The van der Waals surface area contributed by atoms with E-state index in [1.165, 1.54) is 23.9 Å². The number of thioether (sulfide) groups is 1. The van der Waals surface area contributed by atoms with Crippen LogP contribution in [0.3, 0.4) is 0 Å². The molecular formula is C23H28N2O4S. The van der Waals surface area contributed by atoms with Gasteiger partial charge in [0.2, 0.25) is 11.8 Å². The van der Waals surface area contributed by atoms with Gasteiger partial charge in [0.05, 0.1) is 10.8 Å². The van der Waals surface area contributed by atoms with Crippen LogP contribution in [0.5, 0.6) is 0 Å². The molecule has 30 heavy (non-hydrogen) atoms. The average molecular weight is 429 g/mol. The molecule has 0 aliphatic rings. The van der Waals surface area contributed by atoms with Crippen LogP contribution in [0.1, 0.15) is 55.5 Å². The second-order valence-electron chi connectivity index (χ2n) is 7.02. The molecule has 0 bridgehead atoms. The van der Waals surface area contributed by atoms with Crippen molar-refractivity contribution in [2.75, 3.05) is 10.6 Å². The highest BCUT2D eigenvalue weighted by Crippen LogP contribution is 2.29. The van der Waals surface area contributed by atoms with Gasteiger partial charge >= 0.3 is 5.97 Å². The predicted molar refractivity (Wildman–Crippen MR) is 121 cm³/mol. The van der Waals surface area contributed by atoms with Gasteiger partial charge in [-0.2, -0.15) is 0 Å². The van der Waals surface area contributed by atoms with Crippen LogP contribution in [0.25, 0.3) is 0 Å². The number of aryl methyl sites for hydroxylation is 1. The van der Waals surface area contributed by atoms with Crippen molar-refractivity contribution in [3.8, 4) is 0 Å². The Kier molecular flexibility index (Phi) is 8.92. The first kappa shape index (κ1) is 23.5. The summed E-state index contributed by atoms with van der Waals surface area (Å²) in [5.41, 5.74) is 2.13. The Morgan fingerprint density at radius 1 is 1.07 bits per heavy atom. The van der Waals surface area contributed by atoms with Crippen molar-refractivity contribution in [2.24, 2.45) is 0 Å². The number of unbranched alkanes of at least 4 members (excludes halogenated alkanes) is 1. The average Bonchev–Trinajstić information content (AvgIpc) is 2.72. The van der Waals surface area contributed by atoms with Gasteiger partial charge in [-0.1, -0.05) is 32.4 Å². The van der Waals surface area contributed by atoms with E-state index < -0.39 is 5.97 Å². The lowest BCUT2D eigenvalue weighted by Gasteiger charge is -2.17. The molecule has 6 nitrogen and oxygen atoms in total. The van der Waals surface area contributed by atoms with Crippen molar-refractivity contribution in [2.45, 2.75) is 56.6 Å². The second-order valence-corrected chi connectivity index (χ2v) is 8.29. The lowest BCUT2D eigenvalue weighted by molar-refractivity contribution is -0.116. The molecule has 2 aromatic rings. The van der Waals surface area contributed by atoms with E-state index in [2.05, 4.69) is 10.6 Å². The molecule has 0 fully saturated rings. The van der Waals surface area contributed by atoms with E-state index in [0.29, 0.717) is 24.2 Å². The van der Waals surface area contributed by atoms with Crippen LogP contribution in [0.2, 0.25) is 0 Å². The lowest BCUT2D eigenvalue weighted by atomic mass is 10.1. The van der Waals surface area contributed by atoms with Gasteiger partial charge in [-0.3, -0.25) is 9.59 Å². The number of hydrogen-bond acceptors (Lipinski definition) is 4. The molecule has 1 atom stereocenters. The second kappa shape index (κ2) is 11.4. The Morgan fingerprint density at radius 2 is 1.83 bits per heavy atom. The number of carbonyl (C=O) groups excluding carboxylic acids is 2. The summed E-state index contributed by atoms with van der Waals surface area (Å²) >= 11 is 1.41. The van der Waals surface area contributed by atoms with E-state index in [-0.39, 0.29) is 22.6 Å². The van der Waals surface area contributed by atoms with Crippen LogP contribution in [0.4, 0.5) is 11.4 Å². The summed E-state index contributed by atoms with van der Waals surface area (Å²) in [6, 6.07) is 12.1. The maximum absolute atomic E-state index is 12.8. The molecule has 0 saturated carbocycles. The number of carboxylic acids is 1. The first-order chi connectivity index (χ1) is 14.3. The quantitative estimate of drug-likeness (QED) is 0.445. The maximum atomic E-state index is 12.8. The number of aromatic carboxylic acids is 1. The molecule has 3 N–H and O–H groups in total. The van der Waals surface area contributed by atoms with Crippen molar-refractivity contribution >= 4 is 40.9 Å². The van der Waals surface area contributed by atoms with E-state index in [9.17, 15) is 19.5 Å². The molecule has 0 aromatic heterocycles. The summed E-state index contributed by atoms with van der Waals surface area (Å²) in [6.45, 7) is 5.79. The summed E-state index contributed by atoms with van der Waals surface area (Å²) < 4.78 is 0. The van der Waals surface area contributed by atoms with Crippen molar-refractivity contribution in [1.82, 2.24) is 0 Å². The van der Waals surface area contributed by atoms with Crippen molar-refractivity contribution in [1.29, 1.82) is 0 Å². The number of carboxylic acid groups (broad SMARTS) is 1. The topological polar surface area (TPSA) is 95.5 Å². The first-order valence-electron chi connectivity index (χ1n) is 10.0. The third kappa shape index (κ3) is 6.91. The fourth-order valence-electron chi connectivity index (χ4n) is 2.80. The summed E-state index contributed by atoms with van der Waals surface area (Å²) in [5, 5.41) is 14.6. The Bertz CT molecular complexity index is 914. The number of nitrogens with one attached hydrogen (secondary N) is 2. The molecule has 2 aromatic carbocycles. The Morgan fingerprint density at radius 3 is 2.50 bits per heavy atom. The smallest absolute Gasteiger partial charge is 0.335 e. The van der Waals surface area contributed by atoms with Crippen LogP contribution in [0, 0.1) is 6.92 Å². The maximum Gasteiger partial charge on any atom is 0.335 e. The molecule has 0 heterocycles. The van der Waals surface area contributed by atoms with E-state index >= 15 is 0 Å². The van der Waals surface area contributed by atoms with Gasteiger partial charge in [0.25, 0.3) is 0 Å². The number of carbonyl (C=O) groups is 3. The third-order valence-electron chi connectivity index (χ3n) is 4.56. The molecule has 2 amide bonds. The minimum absolute atomic E-state index is 0.0161. The SMILES string of the molecule is CCCCC(=O)Nc1cccc(SC(CC)C(=O)Nc2cc(C(=O)O)ccc2C)c1. The van der Waals surface area contributed by atoms with Crippen LogP contribution in [-0.2, 0) is 9.59 Å². The minimum Gasteiger partial charge on any atom is -0.478 e. The summed E-state index contributed by atoms with van der Waals surface area (Å²) in [5.74, 6) is -1.24. The van der Waals surface area contributed by atoms with Crippen LogP contribution in [-0.4, -0.2) is 28.1 Å². The summed E-state index contributed by atoms with van der Waals surface area (Å²) in [4.78, 5) is 36.8. The normalized spacial score (nSPS) is 11.6. The number of amides is 2. The molecule has 1 unspecified atom stereocenters. The van der Waals surface area contributed by atoms with E-state index in [4.69, 9.17) is 0 Å². The van der Waals surface area contributed by atoms with E-state index in [1.54, 1.807) is 6.07 Å². The Hall–Kier alpha value is -2.80. The molecule has 0 aliphatic heterocycles. The summed E-state index contributed by atoms with van der Waals surface area (Å²) in [6.07, 6.45) is 2.90. The lowest BCUT2D eigenvalue weighted by Crippen LogP contribution is -2.25.